The van der Waals surface area contributed by atoms with Crippen LogP contribution in [0.2, 0.25) is 0 Å². The Hall–Kier alpha value is -1.51. The van der Waals surface area contributed by atoms with Gasteiger partial charge in [-0.05, 0) is 55.4 Å². The zero-order chi connectivity index (χ0) is 13.1. The van der Waals surface area contributed by atoms with E-state index in [1.807, 2.05) is 24.3 Å². The lowest BCUT2D eigenvalue weighted by Crippen LogP contribution is -2.28. The summed E-state index contributed by atoms with van der Waals surface area (Å²) in [5.74, 6) is 2.53. The van der Waals surface area contributed by atoms with E-state index in [-0.39, 0.29) is 5.84 Å². The topological polar surface area (TPSA) is 59.1 Å². The summed E-state index contributed by atoms with van der Waals surface area (Å²) in [6.45, 7) is 4.63. The van der Waals surface area contributed by atoms with Crippen LogP contribution < -0.4 is 10.5 Å². The average Bonchev–Trinajstić information content (AvgIpc) is 2.34. The molecule has 18 heavy (non-hydrogen) atoms. The molecule has 2 rings (SSSR count). The Morgan fingerprint density at radius 1 is 1.17 bits per heavy atom. The van der Waals surface area contributed by atoms with E-state index < -0.39 is 0 Å². The largest absolute Gasteiger partial charge is 0.490 e. The summed E-state index contributed by atoms with van der Waals surface area (Å²) in [5, 5.41) is 7.34. The highest BCUT2D eigenvalue weighted by atomic mass is 16.5. The van der Waals surface area contributed by atoms with E-state index in [4.69, 9.17) is 15.9 Å². The van der Waals surface area contributed by atoms with Crippen molar-refractivity contribution in [3.63, 3.8) is 0 Å². The molecule has 3 unspecified atom stereocenters. The molecule has 1 saturated carbocycles. The first-order valence-electron chi connectivity index (χ1n) is 6.67. The molecule has 1 aliphatic rings. The molecule has 1 aromatic carbocycles. The minimum atomic E-state index is 0.0988. The van der Waals surface area contributed by atoms with E-state index in [0.717, 1.165) is 36.0 Å². The lowest BCUT2D eigenvalue weighted by Gasteiger charge is -2.32. The van der Waals surface area contributed by atoms with Crippen molar-refractivity contribution in [2.24, 2.45) is 17.6 Å². The highest BCUT2D eigenvalue weighted by molar-refractivity contribution is 5.94. The van der Waals surface area contributed by atoms with Crippen molar-refractivity contribution >= 4 is 5.84 Å². The number of nitrogens with one attached hydrogen (secondary N) is 1. The smallest absolute Gasteiger partial charge is 0.122 e. The van der Waals surface area contributed by atoms with E-state index in [9.17, 15) is 0 Å². The van der Waals surface area contributed by atoms with Crippen LogP contribution >= 0.6 is 0 Å². The summed E-state index contributed by atoms with van der Waals surface area (Å²) < 4.78 is 6.00. The van der Waals surface area contributed by atoms with Crippen LogP contribution in [0.5, 0.6) is 5.75 Å². The van der Waals surface area contributed by atoms with Crippen molar-refractivity contribution in [3.05, 3.63) is 29.8 Å². The zero-order valence-electron chi connectivity index (χ0n) is 11.1. The second-order valence-corrected chi connectivity index (χ2v) is 5.45. The van der Waals surface area contributed by atoms with Gasteiger partial charge in [0, 0.05) is 5.56 Å². The van der Waals surface area contributed by atoms with Crippen molar-refractivity contribution < 1.29 is 4.74 Å². The first-order chi connectivity index (χ1) is 8.56. The van der Waals surface area contributed by atoms with Gasteiger partial charge in [0.1, 0.15) is 11.6 Å². The second kappa shape index (κ2) is 5.42. The van der Waals surface area contributed by atoms with E-state index in [1.165, 1.54) is 6.42 Å². The highest BCUT2D eigenvalue weighted by Gasteiger charge is 2.25. The fourth-order valence-electron chi connectivity index (χ4n) is 2.51. The van der Waals surface area contributed by atoms with Gasteiger partial charge in [0.15, 0.2) is 0 Å². The molecular formula is C15H22N2O. The van der Waals surface area contributed by atoms with Crippen LogP contribution in [0.25, 0.3) is 0 Å². The summed E-state index contributed by atoms with van der Waals surface area (Å²) in [6, 6.07) is 7.48. The van der Waals surface area contributed by atoms with Crippen molar-refractivity contribution in [3.8, 4) is 5.75 Å². The number of amidine groups is 1. The SMILES string of the molecule is CC1CCC(Oc2ccc(C(=N)N)cc2)CC1C. The number of nitrogen functional groups attached to an aromatic ring is 1. The van der Waals surface area contributed by atoms with Crippen LogP contribution in [0, 0.1) is 17.2 Å². The third-order valence-electron chi connectivity index (χ3n) is 4.02. The van der Waals surface area contributed by atoms with Gasteiger partial charge >= 0.3 is 0 Å². The minimum absolute atomic E-state index is 0.0988. The molecule has 0 aliphatic heterocycles. The van der Waals surface area contributed by atoms with Gasteiger partial charge in [0.05, 0.1) is 6.10 Å². The summed E-state index contributed by atoms with van der Waals surface area (Å²) >= 11 is 0. The van der Waals surface area contributed by atoms with Crippen LogP contribution in [0.4, 0.5) is 0 Å². The highest BCUT2D eigenvalue weighted by Crippen LogP contribution is 2.31. The normalized spacial score (nSPS) is 27.8. The summed E-state index contributed by atoms with van der Waals surface area (Å²) in [4.78, 5) is 0. The first-order valence-corrected chi connectivity index (χ1v) is 6.67. The Balaban J connectivity index is 1.95. The Kier molecular flexibility index (Phi) is 3.90. The standard InChI is InChI=1S/C15H22N2O/c1-10-3-6-14(9-11(10)2)18-13-7-4-12(5-8-13)15(16)17/h4-5,7-8,10-11,14H,3,6,9H2,1-2H3,(H3,16,17). The van der Waals surface area contributed by atoms with Crippen LogP contribution in [0.1, 0.15) is 38.7 Å². The lowest BCUT2D eigenvalue weighted by atomic mass is 9.80. The van der Waals surface area contributed by atoms with Crippen molar-refractivity contribution in [1.82, 2.24) is 0 Å². The molecule has 0 spiro atoms. The summed E-state index contributed by atoms with van der Waals surface area (Å²) in [7, 11) is 0. The molecule has 0 aromatic heterocycles. The molecule has 3 atom stereocenters. The number of nitrogens with two attached hydrogens (primary N) is 1. The Morgan fingerprint density at radius 3 is 2.39 bits per heavy atom. The number of hydrogen-bond donors (Lipinski definition) is 2. The van der Waals surface area contributed by atoms with E-state index >= 15 is 0 Å². The number of rotatable bonds is 3. The van der Waals surface area contributed by atoms with Crippen LogP contribution in [0.3, 0.4) is 0 Å². The summed E-state index contributed by atoms with van der Waals surface area (Å²) in [5.41, 5.74) is 6.17. The molecule has 98 valence electrons. The molecule has 1 fully saturated rings. The van der Waals surface area contributed by atoms with Crippen molar-refractivity contribution in [2.75, 3.05) is 0 Å². The molecule has 0 heterocycles. The molecule has 0 saturated heterocycles. The van der Waals surface area contributed by atoms with Gasteiger partial charge in [-0.1, -0.05) is 13.8 Å². The third-order valence-corrected chi connectivity index (χ3v) is 4.02. The lowest BCUT2D eigenvalue weighted by molar-refractivity contribution is 0.101. The fourth-order valence-corrected chi connectivity index (χ4v) is 2.51. The number of hydrogen-bond acceptors (Lipinski definition) is 2. The zero-order valence-corrected chi connectivity index (χ0v) is 11.1. The number of ether oxygens (including phenoxy) is 1. The molecule has 3 heteroatoms. The monoisotopic (exact) mass is 246 g/mol. The van der Waals surface area contributed by atoms with Crippen molar-refractivity contribution in [2.45, 2.75) is 39.2 Å². The van der Waals surface area contributed by atoms with E-state index in [2.05, 4.69) is 13.8 Å². The predicted molar refractivity (Wildman–Crippen MR) is 74.1 cm³/mol. The quantitative estimate of drug-likeness (QED) is 0.635. The predicted octanol–water partition coefficient (Wildman–Crippen LogP) is 3.17. The Labute approximate surface area is 109 Å². The van der Waals surface area contributed by atoms with E-state index in [1.54, 1.807) is 0 Å². The fraction of sp³-hybridized carbons (Fsp3) is 0.533. The maximum atomic E-state index is 7.34. The third kappa shape index (κ3) is 3.03. The van der Waals surface area contributed by atoms with Gasteiger partial charge in [0.2, 0.25) is 0 Å². The van der Waals surface area contributed by atoms with Crippen LogP contribution in [-0.4, -0.2) is 11.9 Å². The molecule has 0 bridgehead atoms. The molecule has 0 amide bonds. The summed E-state index contributed by atoms with van der Waals surface area (Å²) in [6.07, 6.45) is 3.85. The average molecular weight is 246 g/mol. The molecule has 1 aromatic rings. The van der Waals surface area contributed by atoms with Gasteiger partial charge in [-0.25, -0.2) is 0 Å². The Morgan fingerprint density at radius 2 is 1.83 bits per heavy atom. The maximum absolute atomic E-state index is 7.34. The maximum Gasteiger partial charge on any atom is 0.122 e. The molecule has 1 aliphatic carbocycles. The van der Waals surface area contributed by atoms with Gasteiger partial charge in [-0.2, -0.15) is 0 Å². The molecular weight excluding hydrogens is 224 g/mol. The van der Waals surface area contributed by atoms with E-state index in [0.29, 0.717) is 6.10 Å². The van der Waals surface area contributed by atoms with Crippen LogP contribution in [-0.2, 0) is 0 Å². The number of benzene rings is 1. The van der Waals surface area contributed by atoms with Gasteiger partial charge in [0.25, 0.3) is 0 Å². The van der Waals surface area contributed by atoms with Gasteiger partial charge in [-0.15, -0.1) is 0 Å². The van der Waals surface area contributed by atoms with Gasteiger partial charge in [-0.3, -0.25) is 5.41 Å². The Bertz CT molecular complexity index is 413. The molecule has 0 radical (unpaired) electrons. The molecule has 3 N–H and O–H groups in total. The molecule has 3 nitrogen and oxygen atoms in total. The second-order valence-electron chi connectivity index (χ2n) is 5.45. The first kappa shape index (κ1) is 12.9. The van der Waals surface area contributed by atoms with Crippen LogP contribution in [0.15, 0.2) is 24.3 Å². The minimum Gasteiger partial charge on any atom is -0.490 e. The van der Waals surface area contributed by atoms with Crippen molar-refractivity contribution in [1.29, 1.82) is 5.41 Å². The van der Waals surface area contributed by atoms with Gasteiger partial charge < -0.3 is 10.5 Å².